The average molecular weight is 318 g/mol. The quantitative estimate of drug-likeness (QED) is 0.848. The molecule has 0 aliphatic carbocycles. The monoisotopic (exact) mass is 318 g/mol. The van der Waals surface area contributed by atoms with E-state index in [2.05, 4.69) is 39.9 Å². The van der Waals surface area contributed by atoms with Gasteiger partial charge >= 0.3 is 7.48 Å². The summed E-state index contributed by atoms with van der Waals surface area (Å²) in [4.78, 5) is 12.5. The van der Waals surface area contributed by atoms with Crippen molar-refractivity contribution < 1.29 is 13.8 Å². The van der Waals surface area contributed by atoms with Gasteiger partial charge in [0, 0.05) is 12.1 Å². The van der Waals surface area contributed by atoms with Crippen LogP contribution in [-0.2, 0) is 11.3 Å². The lowest BCUT2D eigenvalue weighted by Crippen LogP contribution is -2.36. The Labute approximate surface area is 139 Å². The zero-order valence-corrected chi connectivity index (χ0v) is 14.7. The third-order valence-electron chi connectivity index (χ3n) is 4.42. The highest BCUT2D eigenvalue weighted by molar-refractivity contribution is 6.49. The van der Waals surface area contributed by atoms with Gasteiger partial charge in [0.1, 0.15) is 5.82 Å². The van der Waals surface area contributed by atoms with Gasteiger partial charge in [-0.25, -0.2) is 4.39 Å². The summed E-state index contributed by atoms with van der Waals surface area (Å²) in [5.41, 5.74) is 1.91. The van der Waals surface area contributed by atoms with E-state index >= 15 is 0 Å². The van der Waals surface area contributed by atoms with Crippen LogP contribution in [0.1, 0.15) is 57.0 Å². The zero-order valence-electron chi connectivity index (χ0n) is 14.7. The summed E-state index contributed by atoms with van der Waals surface area (Å²) in [5, 5.41) is 2.99. The smallest absolute Gasteiger partial charge is 0.330 e. The highest BCUT2D eigenvalue weighted by atomic mass is 19.1. The van der Waals surface area contributed by atoms with Gasteiger partial charge in [-0.15, -0.1) is 0 Å². The SMILES string of the molecule is CC(C)CC(CNC(=O)c1cc(F)cc2c1CO[B]2)C(C)(C)C. The van der Waals surface area contributed by atoms with Gasteiger partial charge in [0.25, 0.3) is 5.91 Å². The van der Waals surface area contributed by atoms with Crippen molar-refractivity contribution >= 4 is 18.9 Å². The van der Waals surface area contributed by atoms with E-state index in [0.29, 0.717) is 36.0 Å². The van der Waals surface area contributed by atoms with Gasteiger partial charge in [-0.05, 0) is 46.8 Å². The van der Waals surface area contributed by atoms with Crippen molar-refractivity contribution in [3.8, 4) is 0 Å². The molecule has 1 aromatic carbocycles. The molecule has 3 nitrogen and oxygen atoms in total. The van der Waals surface area contributed by atoms with Gasteiger partial charge in [0.05, 0.1) is 6.61 Å². The topological polar surface area (TPSA) is 38.3 Å². The van der Waals surface area contributed by atoms with Crippen LogP contribution in [0.4, 0.5) is 4.39 Å². The predicted molar refractivity (Wildman–Crippen MR) is 91.3 cm³/mol. The maximum atomic E-state index is 13.7. The fraction of sp³-hybridized carbons (Fsp3) is 0.611. The first-order valence-corrected chi connectivity index (χ1v) is 8.24. The minimum absolute atomic E-state index is 0.109. The van der Waals surface area contributed by atoms with Gasteiger partial charge in [-0.3, -0.25) is 4.79 Å². The lowest BCUT2D eigenvalue weighted by atomic mass is 9.76. The molecule has 1 radical (unpaired) electrons. The maximum Gasteiger partial charge on any atom is 0.330 e. The van der Waals surface area contributed by atoms with E-state index in [9.17, 15) is 9.18 Å². The van der Waals surface area contributed by atoms with Crippen LogP contribution >= 0.6 is 0 Å². The fourth-order valence-electron chi connectivity index (χ4n) is 2.96. The van der Waals surface area contributed by atoms with Gasteiger partial charge in [0.2, 0.25) is 0 Å². The van der Waals surface area contributed by atoms with E-state index in [-0.39, 0.29) is 11.3 Å². The Balaban J connectivity index is 2.10. The van der Waals surface area contributed by atoms with E-state index < -0.39 is 5.82 Å². The summed E-state index contributed by atoms with van der Waals surface area (Å²) in [6.45, 7) is 11.9. The number of carbonyl (C=O) groups excluding carboxylic acids is 1. The number of nitrogens with one attached hydrogen (secondary N) is 1. The second kappa shape index (κ2) is 7.04. The Morgan fingerprint density at radius 3 is 2.70 bits per heavy atom. The molecule has 5 heteroatoms. The standard InChI is InChI=1S/C18H26BFNO2/c1-11(2)6-12(18(3,4)5)9-21-17(22)14-7-13(20)8-16-15(14)10-23-19-16/h7-8,11-12H,6,9-10H2,1-5H3,(H,21,22). The molecule has 1 heterocycles. The molecule has 1 aliphatic rings. The molecule has 1 unspecified atom stereocenters. The number of halogens is 1. The Kier molecular flexibility index (Phi) is 5.51. The van der Waals surface area contributed by atoms with Gasteiger partial charge in [-0.1, -0.05) is 34.6 Å². The van der Waals surface area contributed by atoms with Crippen molar-refractivity contribution in [3.05, 3.63) is 29.1 Å². The molecule has 0 bridgehead atoms. The number of hydrogen-bond donors (Lipinski definition) is 1. The van der Waals surface area contributed by atoms with Crippen molar-refractivity contribution in [1.82, 2.24) is 5.32 Å². The highest BCUT2D eigenvalue weighted by Crippen LogP contribution is 2.30. The van der Waals surface area contributed by atoms with E-state index in [1.807, 2.05) is 0 Å². The largest absolute Gasteiger partial charge is 0.430 e. The van der Waals surface area contributed by atoms with Crippen LogP contribution in [0.25, 0.3) is 0 Å². The van der Waals surface area contributed by atoms with Crippen LogP contribution in [0.15, 0.2) is 12.1 Å². The first kappa shape index (κ1) is 18.0. The molecule has 1 amide bonds. The van der Waals surface area contributed by atoms with Gasteiger partial charge < -0.3 is 9.97 Å². The Hall–Kier alpha value is -1.36. The summed E-state index contributed by atoms with van der Waals surface area (Å²) < 4.78 is 18.9. The van der Waals surface area contributed by atoms with E-state index in [0.717, 1.165) is 12.0 Å². The molecule has 0 saturated heterocycles. The second-order valence-corrected chi connectivity index (χ2v) is 7.85. The van der Waals surface area contributed by atoms with Crippen LogP contribution in [-0.4, -0.2) is 19.9 Å². The van der Waals surface area contributed by atoms with Crippen molar-refractivity contribution in [2.24, 2.45) is 17.3 Å². The molecule has 125 valence electrons. The van der Waals surface area contributed by atoms with Gasteiger partial charge in [-0.2, -0.15) is 0 Å². The minimum atomic E-state index is -0.412. The summed E-state index contributed by atoms with van der Waals surface area (Å²) in [5.74, 6) is 0.302. The number of fused-ring (bicyclic) bond motifs is 1. The van der Waals surface area contributed by atoms with Crippen molar-refractivity contribution in [2.45, 2.75) is 47.6 Å². The molecule has 0 spiro atoms. The molecular formula is C18H26BFNO2. The molecule has 0 saturated carbocycles. The van der Waals surface area contributed by atoms with Crippen LogP contribution in [0.5, 0.6) is 0 Å². The summed E-state index contributed by atoms with van der Waals surface area (Å²) in [7, 11) is 1.51. The predicted octanol–water partition coefficient (Wildman–Crippen LogP) is 3.04. The number of hydrogen-bond acceptors (Lipinski definition) is 2. The maximum absolute atomic E-state index is 13.7. The van der Waals surface area contributed by atoms with Crippen LogP contribution in [0.3, 0.4) is 0 Å². The molecule has 1 aromatic rings. The highest BCUT2D eigenvalue weighted by Gasteiger charge is 2.27. The molecule has 1 atom stereocenters. The zero-order chi connectivity index (χ0) is 17.2. The number of rotatable bonds is 5. The van der Waals surface area contributed by atoms with Crippen molar-refractivity contribution in [3.63, 3.8) is 0 Å². The van der Waals surface area contributed by atoms with Crippen molar-refractivity contribution in [2.75, 3.05) is 6.54 Å². The summed E-state index contributed by atoms with van der Waals surface area (Å²) in [6, 6.07) is 2.70. The number of carbonyl (C=O) groups is 1. The van der Waals surface area contributed by atoms with Gasteiger partial charge in [0.15, 0.2) is 0 Å². The fourth-order valence-corrected chi connectivity index (χ4v) is 2.96. The third kappa shape index (κ3) is 4.57. The van der Waals surface area contributed by atoms with E-state index in [1.165, 1.54) is 19.6 Å². The molecular weight excluding hydrogens is 292 g/mol. The number of benzene rings is 1. The average Bonchev–Trinajstić information content (AvgIpc) is 2.88. The first-order valence-electron chi connectivity index (χ1n) is 8.24. The normalized spacial score (nSPS) is 15.3. The van der Waals surface area contributed by atoms with Crippen LogP contribution < -0.4 is 10.8 Å². The molecule has 23 heavy (non-hydrogen) atoms. The van der Waals surface area contributed by atoms with Crippen LogP contribution in [0.2, 0.25) is 0 Å². The molecule has 0 fully saturated rings. The Morgan fingerprint density at radius 1 is 1.39 bits per heavy atom. The Bertz CT molecular complexity index is 581. The lowest BCUT2D eigenvalue weighted by molar-refractivity contribution is 0.0924. The second-order valence-electron chi connectivity index (χ2n) is 7.85. The number of amides is 1. The Morgan fingerprint density at radius 2 is 2.09 bits per heavy atom. The lowest BCUT2D eigenvalue weighted by Gasteiger charge is -2.32. The third-order valence-corrected chi connectivity index (χ3v) is 4.42. The summed E-state index contributed by atoms with van der Waals surface area (Å²) in [6.07, 6.45) is 1.04. The summed E-state index contributed by atoms with van der Waals surface area (Å²) >= 11 is 0. The van der Waals surface area contributed by atoms with E-state index in [1.54, 1.807) is 0 Å². The molecule has 1 N–H and O–H groups in total. The van der Waals surface area contributed by atoms with Crippen molar-refractivity contribution in [1.29, 1.82) is 0 Å². The van der Waals surface area contributed by atoms with E-state index in [4.69, 9.17) is 4.65 Å². The molecule has 2 rings (SSSR count). The first-order chi connectivity index (χ1) is 10.7. The molecule has 1 aliphatic heterocycles. The minimum Gasteiger partial charge on any atom is -0.430 e. The van der Waals surface area contributed by atoms with Crippen LogP contribution in [0, 0.1) is 23.1 Å². The molecule has 0 aromatic heterocycles.